The Balaban J connectivity index is 0.000000457. The number of ether oxygens (including phenoxy) is 1. The van der Waals surface area contributed by atoms with Gasteiger partial charge in [0.15, 0.2) is 0 Å². The Morgan fingerprint density at radius 3 is 1.49 bits per heavy atom. The van der Waals surface area contributed by atoms with Gasteiger partial charge in [-0.3, -0.25) is 9.11 Å². The lowest BCUT2D eigenvalue weighted by Crippen LogP contribution is -2.52. The molecule has 0 radical (unpaired) electrons. The summed E-state index contributed by atoms with van der Waals surface area (Å²) < 4.78 is 128. The van der Waals surface area contributed by atoms with E-state index in [1.165, 1.54) is 24.3 Å². The Bertz CT molecular complexity index is 1310. The number of halogens is 5. The van der Waals surface area contributed by atoms with Crippen molar-refractivity contribution in [2.45, 2.75) is 74.8 Å². The summed E-state index contributed by atoms with van der Waals surface area (Å²) in [5.41, 5.74) is 1.36. The number of rotatable bonds is 9. The van der Waals surface area contributed by atoms with Gasteiger partial charge in [-0.05, 0) is 60.1 Å². The van der Waals surface area contributed by atoms with E-state index >= 15 is 0 Å². The van der Waals surface area contributed by atoms with Gasteiger partial charge in [-0.25, -0.2) is 4.79 Å². The monoisotopic (exact) mass is 604 g/mol. The van der Waals surface area contributed by atoms with Gasteiger partial charge in [-0.15, -0.1) is 0 Å². The van der Waals surface area contributed by atoms with E-state index in [-0.39, 0.29) is 10.8 Å². The van der Waals surface area contributed by atoms with Crippen LogP contribution in [0.3, 0.4) is 0 Å². The van der Waals surface area contributed by atoms with E-state index in [0.717, 1.165) is 36.1 Å². The summed E-state index contributed by atoms with van der Waals surface area (Å²) in [5.74, 6) is -1.30. The predicted octanol–water partition coefficient (Wildman–Crippen LogP) is 6.22. The lowest BCUT2D eigenvalue weighted by Gasteiger charge is -2.26. The van der Waals surface area contributed by atoms with E-state index in [1.807, 2.05) is 13.8 Å². The van der Waals surface area contributed by atoms with Crippen LogP contribution in [0.15, 0.2) is 53.4 Å². The predicted molar refractivity (Wildman–Crippen MR) is 132 cm³/mol. The first kappa shape index (κ1) is 34.4. The van der Waals surface area contributed by atoms with Crippen LogP contribution in [-0.4, -0.2) is 49.4 Å². The van der Waals surface area contributed by atoms with E-state index in [1.54, 1.807) is 12.1 Å². The molecule has 3 unspecified atom stereocenters. The summed E-state index contributed by atoms with van der Waals surface area (Å²) in [4.78, 5) is 11.6. The van der Waals surface area contributed by atoms with Crippen molar-refractivity contribution in [3.05, 3.63) is 65.2 Å². The highest BCUT2D eigenvalue weighted by Crippen LogP contribution is 2.38. The summed E-state index contributed by atoms with van der Waals surface area (Å²) in [7, 11) is -10.5. The van der Waals surface area contributed by atoms with Crippen LogP contribution in [0.2, 0.25) is 0 Å². The molecule has 220 valence electrons. The Labute approximate surface area is 223 Å². The number of benzene rings is 2. The maximum atomic E-state index is 13.3. The number of hydrogen-bond donors (Lipinski definition) is 2. The van der Waals surface area contributed by atoms with Crippen LogP contribution in [0.4, 0.5) is 22.0 Å². The molecule has 3 atom stereocenters. The fourth-order valence-corrected chi connectivity index (χ4v) is 3.96. The van der Waals surface area contributed by atoms with Crippen molar-refractivity contribution in [2.75, 3.05) is 0 Å². The van der Waals surface area contributed by atoms with Crippen molar-refractivity contribution in [3.8, 4) is 0 Å². The van der Waals surface area contributed by atoms with Crippen molar-refractivity contribution in [1.82, 2.24) is 0 Å². The van der Waals surface area contributed by atoms with Crippen LogP contribution in [0.1, 0.15) is 73.9 Å². The second-order valence-electron chi connectivity index (χ2n) is 8.65. The molecule has 2 N–H and O–H groups in total. The fourth-order valence-electron chi connectivity index (χ4n) is 3.02. The lowest BCUT2D eigenvalue weighted by atomic mass is 9.98. The van der Waals surface area contributed by atoms with Crippen molar-refractivity contribution in [1.29, 1.82) is 0 Å². The standard InChI is InChI=1S/C14H15F5O5S.C10H14O3S/c1-3-8(2)9-4-6-10(7-5-9)11(20)24-12(13(15,16)17)14(18,19)25(21,22)23;1-3-8(2)9-4-6-10(7-5-9)14(11,12)13/h4-8,12H,3H2,1-2H3,(H,21,22,23);4-8H,3H2,1-2H3,(H,11,12,13). The maximum absolute atomic E-state index is 13.3. The van der Waals surface area contributed by atoms with E-state index in [4.69, 9.17) is 9.11 Å². The van der Waals surface area contributed by atoms with Crippen molar-refractivity contribution in [2.24, 2.45) is 0 Å². The molecular weight excluding hydrogens is 575 g/mol. The number of alkyl halides is 5. The largest absolute Gasteiger partial charge is 0.441 e. The van der Waals surface area contributed by atoms with Gasteiger partial charge in [0.2, 0.25) is 0 Å². The zero-order valence-electron chi connectivity index (χ0n) is 21.3. The van der Waals surface area contributed by atoms with Crippen LogP contribution in [0.25, 0.3) is 0 Å². The summed E-state index contributed by atoms with van der Waals surface area (Å²) in [6, 6.07) is 11.3. The van der Waals surface area contributed by atoms with E-state index < -0.39 is 49.3 Å². The third-order valence-corrected chi connectivity index (χ3v) is 7.63. The highest BCUT2D eigenvalue weighted by molar-refractivity contribution is 7.87. The van der Waals surface area contributed by atoms with Crippen LogP contribution in [-0.2, 0) is 25.0 Å². The van der Waals surface area contributed by atoms with Crippen molar-refractivity contribution >= 4 is 26.2 Å². The minimum Gasteiger partial charge on any atom is -0.441 e. The molecule has 39 heavy (non-hydrogen) atoms. The normalized spacial score (nSPS) is 14.9. The molecule has 8 nitrogen and oxygen atoms in total. The maximum Gasteiger partial charge on any atom is 0.432 e. The van der Waals surface area contributed by atoms with Crippen LogP contribution in [0, 0.1) is 0 Å². The Morgan fingerprint density at radius 2 is 1.18 bits per heavy atom. The summed E-state index contributed by atoms with van der Waals surface area (Å²) in [6.07, 6.45) is -8.52. The molecule has 0 aliphatic rings. The molecule has 15 heteroatoms. The third-order valence-electron chi connectivity index (χ3n) is 5.86. The molecule has 0 aliphatic carbocycles. The van der Waals surface area contributed by atoms with Gasteiger partial charge in [0.25, 0.3) is 16.2 Å². The van der Waals surface area contributed by atoms with Gasteiger partial charge in [0, 0.05) is 0 Å². The van der Waals surface area contributed by atoms with Gasteiger partial charge in [0.1, 0.15) is 0 Å². The Hall–Kier alpha value is -2.62. The van der Waals surface area contributed by atoms with Gasteiger partial charge in [0.05, 0.1) is 10.5 Å². The van der Waals surface area contributed by atoms with Gasteiger partial charge < -0.3 is 4.74 Å². The summed E-state index contributed by atoms with van der Waals surface area (Å²) >= 11 is 0. The molecule has 0 heterocycles. The second-order valence-corrected chi connectivity index (χ2v) is 11.6. The molecule has 0 bridgehead atoms. The quantitative estimate of drug-likeness (QED) is 0.196. The molecule has 0 saturated heterocycles. The molecule has 2 aromatic carbocycles. The molecule has 0 aromatic heterocycles. The summed E-state index contributed by atoms with van der Waals surface area (Å²) in [5, 5.41) is -5.75. The molecule has 0 fully saturated rings. The zero-order chi connectivity index (χ0) is 30.4. The molecule has 0 saturated carbocycles. The van der Waals surface area contributed by atoms with Crippen molar-refractivity contribution < 1.29 is 57.4 Å². The van der Waals surface area contributed by atoms with Crippen LogP contribution >= 0.6 is 0 Å². The van der Waals surface area contributed by atoms with Gasteiger partial charge >= 0.3 is 27.5 Å². The van der Waals surface area contributed by atoms with Gasteiger partial charge in [-0.2, -0.15) is 38.8 Å². The number of esters is 1. The third kappa shape index (κ3) is 9.51. The number of carbonyl (C=O) groups excluding carboxylic acids is 1. The SMILES string of the molecule is CCC(C)c1ccc(C(=O)OC(C(F)(F)F)C(F)(F)S(=O)(=O)O)cc1.CCC(C)c1ccc(S(=O)(=O)O)cc1. The highest BCUT2D eigenvalue weighted by atomic mass is 32.2. The first-order chi connectivity index (χ1) is 17.7. The molecule has 0 amide bonds. The second kappa shape index (κ2) is 13.2. The first-order valence-corrected chi connectivity index (χ1v) is 14.3. The Kier molecular flexibility index (Phi) is 11.6. The first-order valence-electron chi connectivity index (χ1n) is 11.5. The molecule has 0 aliphatic heterocycles. The van der Waals surface area contributed by atoms with Crippen LogP contribution < -0.4 is 0 Å². The Morgan fingerprint density at radius 1 is 0.795 bits per heavy atom. The summed E-state index contributed by atoms with van der Waals surface area (Å²) in [6.45, 7) is 7.89. The van der Waals surface area contributed by atoms with Crippen molar-refractivity contribution in [3.63, 3.8) is 0 Å². The van der Waals surface area contributed by atoms with E-state index in [9.17, 15) is 43.6 Å². The minimum absolute atomic E-state index is 0.0513. The highest BCUT2D eigenvalue weighted by Gasteiger charge is 2.66. The van der Waals surface area contributed by atoms with Crippen LogP contribution in [0.5, 0.6) is 0 Å². The van der Waals surface area contributed by atoms with E-state index in [0.29, 0.717) is 5.92 Å². The smallest absolute Gasteiger partial charge is 0.432 e. The minimum atomic E-state index is -6.46. The molecule has 0 spiro atoms. The number of hydrogen-bond acceptors (Lipinski definition) is 6. The van der Waals surface area contributed by atoms with Gasteiger partial charge in [-0.1, -0.05) is 52.0 Å². The fraction of sp³-hybridized carbons (Fsp3) is 0.458. The molecule has 2 aromatic rings. The molecule has 2 rings (SSSR count). The zero-order valence-corrected chi connectivity index (χ0v) is 22.9. The average molecular weight is 605 g/mol. The molecular formula is C24H29F5O8S2. The van der Waals surface area contributed by atoms with E-state index in [2.05, 4.69) is 18.6 Å². The average Bonchev–Trinajstić information content (AvgIpc) is 2.84. The lowest BCUT2D eigenvalue weighted by molar-refractivity contribution is -0.248. The number of carbonyl (C=O) groups is 1. The topological polar surface area (TPSA) is 135 Å².